The van der Waals surface area contributed by atoms with Gasteiger partial charge in [0, 0.05) is 19.1 Å². The van der Waals surface area contributed by atoms with Crippen LogP contribution in [0.1, 0.15) is 33.6 Å². The fourth-order valence-electron chi connectivity index (χ4n) is 3.30. The molecule has 1 aliphatic heterocycles. The molecule has 7 nitrogen and oxygen atoms in total. The van der Waals surface area contributed by atoms with E-state index in [4.69, 9.17) is 10.5 Å². The van der Waals surface area contributed by atoms with E-state index >= 15 is 0 Å². The Bertz CT molecular complexity index is 730. The third kappa shape index (κ3) is 6.07. The lowest BCUT2D eigenvalue weighted by molar-refractivity contribution is -0.135. The Morgan fingerprint density at radius 1 is 1.18 bits per heavy atom. The number of hydrogen-bond donors (Lipinski definition) is 2. The van der Waals surface area contributed by atoms with Crippen molar-refractivity contribution in [2.75, 3.05) is 20.2 Å². The van der Waals surface area contributed by atoms with Crippen LogP contribution in [0.2, 0.25) is 0 Å². The van der Waals surface area contributed by atoms with Gasteiger partial charge in [0.15, 0.2) is 0 Å². The molecule has 9 heteroatoms. The highest BCUT2D eigenvalue weighted by Crippen LogP contribution is 2.22. The first-order valence-corrected chi connectivity index (χ1v) is 10.8. The Morgan fingerprint density at radius 3 is 2.14 bits per heavy atom. The normalized spacial score (nSPS) is 17.7. The fourth-order valence-corrected chi connectivity index (χ4v) is 4.64. The molecular formula is C19H32ClN3O4S. The zero-order valence-corrected chi connectivity index (χ0v) is 18.6. The first-order valence-electron chi connectivity index (χ1n) is 9.36. The molecule has 1 aromatic rings. The highest BCUT2D eigenvalue weighted by Gasteiger charge is 2.33. The molecule has 1 aromatic carbocycles. The summed E-state index contributed by atoms with van der Waals surface area (Å²) < 4.78 is 33.1. The van der Waals surface area contributed by atoms with Gasteiger partial charge in [0.25, 0.3) is 0 Å². The van der Waals surface area contributed by atoms with Gasteiger partial charge in [-0.2, -0.15) is 4.72 Å². The molecule has 0 saturated carbocycles. The second-order valence-electron chi connectivity index (χ2n) is 7.54. The summed E-state index contributed by atoms with van der Waals surface area (Å²) >= 11 is 0. The molecule has 1 heterocycles. The molecule has 0 aromatic heterocycles. The van der Waals surface area contributed by atoms with Crippen molar-refractivity contribution in [2.24, 2.45) is 17.6 Å². The minimum absolute atomic E-state index is 0. The maximum absolute atomic E-state index is 13.0. The molecule has 28 heavy (non-hydrogen) atoms. The summed E-state index contributed by atoms with van der Waals surface area (Å²) in [6.07, 6.45) is 1.69. The highest BCUT2D eigenvalue weighted by atomic mass is 35.5. The van der Waals surface area contributed by atoms with E-state index in [1.165, 1.54) is 19.2 Å². The van der Waals surface area contributed by atoms with Gasteiger partial charge in [-0.1, -0.05) is 13.8 Å². The third-order valence-corrected chi connectivity index (χ3v) is 6.64. The van der Waals surface area contributed by atoms with Crippen LogP contribution < -0.4 is 15.2 Å². The van der Waals surface area contributed by atoms with E-state index in [0.29, 0.717) is 24.8 Å². The molecule has 2 rings (SSSR count). The fraction of sp³-hybridized carbons (Fsp3) is 0.632. The van der Waals surface area contributed by atoms with Gasteiger partial charge in [0.05, 0.1) is 12.0 Å². The minimum atomic E-state index is -3.81. The van der Waals surface area contributed by atoms with Crippen molar-refractivity contribution >= 4 is 28.3 Å². The summed E-state index contributed by atoms with van der Waals surface area (Å²) in [5.41, 5.74) is 5.96. The van der Waals surface area contributed by atoms with Gasteiger partial charge in [-0.15, -0.1) is 12.4 Å². The predicted octanol–water partition coefficient (Wildman–Crippen LogP) is 2.01. The van der Waals surface area contributed by atoms with Gasteiger partial charge in [0.2, 0.25) is 15.9 Å². The number of nitrogens with one attached hydrogen (secondary N) is 1. The van der Waals surface area contributed by atoms with Crippen LogP contribution in [0.5, 0.6) is 5.75 Å². The lowest BCUT2D eigenvalue weighted by Gasteiger charge is -2.36. The minimum Gasteiger partial charge on any atom is -0.497 e. The summed E-state index contributed by atoms with van der Waals surface area (Å²) in [5.74, 6) is 0.631. The summed E-state index contributed by atoms with van der Waals surface area (Å²) in [6.45, 7) is 6.89. The Labute approximate surface area is 174 Å². The molecule has 0 radical (unpaired) electrons. The molecule has 1 fully saturated rings. The molecule has 0 aliphatic carbocycles. The highest BCUT2D eigenvalue weighted by molar-refractivity contribution is 7.89. The quantitative estimate of drug-likeness (QED) is 0.684. The summed E-state index contributed by atoms with van der Waals surface area (Å²) in [5, 5.41) is 0. The second-order valence-corrected chi connectivity index (χ2v) is 9.25. The molecule has 1 aliphatic rings. The summed E-state index contributed by atoms with van der Waals surface area (Å²) in [4.78, 5) is 14.8. The zero-order valence-electron chi connectivity index (χ0n) is 16.9. The number of carbonyl (C=O) groups is 1. The number of nitrogens with zero attached hydrogens (tertiary/aromatic N) is 1. The van der Waals surface area contributed by atoms with Gasteiger partial charge in [-0.25, -0.2) is 8.42 Å². The Hall–Kier alpha value is -1.35. The molecule has 0 bridgehead atoms. The van der Waals surface area contributed by atoms with Crippen LogP contribution in [0.15, 0.2) is 29.2 Å². The number of sulfonamides is 1. The van der Waals surface area contributed by atoms with E-state index in [2.05, 4.69) is 4.72 Å². The van der Waals surface area contributed by atoms with Gasteiger partial charge >= 0.3 is 0 Å². The molecule has 0 spiro atoms. The molecule has 160 valence electrons. The average Bonchev–Trinajstić information content (AvgIpc) is 2.65. The number of likely N-dealkylation sites (tertiary alicyclic amines) is 1. The molecule has 3 N–H and O–H groups in total. The maximum Gasteiger partial charge on any atom is 0.241 e. The summed E-state index contributed by atoms with van der Waals surface area (Å²) in [6, 6.07) is 5.41. The second kappa shape index (κ2) is 10.4. The standard InChI is InChI=1S/C19H31N3O4S.ClH/c1-13(2)18(19(23)22-11-9-15(10-12-22)14(3)20)21-27(24,25)17-7-5-16(26-4)6-8-17;/h5-8,13-15,18,21H,9-12,20H2,1-4H3;1H. The van der Waals surface area contributed by atoms with E-state index in [1.54, 1.807) is 17.0 Å². The largest absolute Gasteiger partial charge is 0.497 e. The number of methoxy groups -OCH3 is 1. The van der Waals surface area contributed by atoms with Crippen LogP contribution in [0.3, 0.4) is 0 Å². The average molecular weight is 434 g/mol. The molecule has 1 amide bonds. The number of piperidine rings is 1. The smallest absolute Gasteiger partial charge is 0.241 e. The van der Waals surface area contributed by atoms with Crippen molar-refractivity contribution in [2.45, 2.75) is 50.6 Å². The lowest BCUT2D eigenvalue weighted by atomic mass is 9.90. The summed E-state index contributed by atoms with van der Waals surface area (Å²) in [7, 11) is -2.29. The van der Waals surface area contributed by atoms with Crippen molar-refractivity contribution in [3.63, 3.8) is 0 Å². The van der Waals surface area contributed by atoms with Crippen molar-refractivity contribution in [1.82, 2.24) is 9.62 Å². The van der Waals surface area contributed by atoms with Crippen LogP contribution >= 0.6 is 12.4 Å². The van der Waals surface area contributed by atoms with Gasteiger partial charge in [-0.3, -0.25) is 4.79 Å². The van der Waals surface area contributed by atoms with Gasteiger partial charge in [0.1, 0.15) is 11.8 Å². The number of amides is 1. The SMILES string of the molecule is COc1ccc(S(=O)(=O)NC(C(=O)N2CCC(C(C)N)CC2)C(C)C)cc1.Cl. The number of benzene rings is 1. The zero-order chi connectivity index (χ0) is 20.2. The number of hydrogen-bond acceptors (Lipinski definition) is 5. The first-order chi connectivity index (χ1) is 12.7. The lowest BCUT2D eigenvalue weighted by Crippen LogP contribution is -2.53. The van der Waals surface area contributed by atoms with Crippen LogP contribution in [-0.4, -0.2) is 51.5 Å². The van der Waals surface area contributed by atoms with E-state index in [0.717, 1.165) is 12.8 Å². The Morgan fingerprint density at radius 2 is 1.71 bits per heavy atom. The van der Waals surface area contributed by atoms with Crippen molar-refractivity contribution in [3.05, 3.63) is 24.3 Å². The van der Waals surface area contributed by atoms with E-state index < -0.39 is 16.1 Å². The van der Waals surface area contributed by atoms with Crippen molar-refractivity contribution in [1.29, 1.82) is 0 Å². The van der Waals surface area contributed by atoms with Gasteiger partial charge < -0.3 is 15.4 Å². The van der Waals surface area contributed by atoms with Crippen LogP contribution in [0.25, 0.3) is 0 Å². The van der Waals surface area contributed by atoms with Gasteiger partial charge in [-0.05, 0) is 55.9 Å². The van der Waals surface area contributed by atoms with E-state index in [9.17, 15) is 13.2 Å². The number of nitrogens with two attached hydrogens (primary N) is 1. The van der Waals surface area contributed by atoms with Crippen molar-refractivity contribution in [3.8, 4) is 5.75 Å². The topological polar surface area (TPSA) is 102 Å². The van der Waals surface area contributed by atoms with Crippen molar-refractivity contribution < 1.29 is 17.9 Å². The number of halogens is 1. The molecule has 1 saturated heterocycles. The third-order valence-electron chi connectivity index (χ3n) is 5.18. The van der Waals surface area contributed by atoms with E-state index in [-0.39, 0.29) is 35.2 Å². The van der Waals surface area contributed by atoms with Crippen LogP contribution in [0, 0.1) is 11.8 Å². The maximum atomic E-state index is 13.0. The predicted molar refractivity (Wildman–Crippen MR) is 112 cm³/mol. The number of rotatable bonds is 7. The Balaban J connectivity index is 0.00000392. The van der Waals surface area contributed by atoms with E-state index in [1.807, 2.05) is 20.8 Å². The van der Waals surface area contributed by atoms with Crippen LogP contribution in [-0.2, 0) is 14.8 Å². The first kappa shape index (κ1) is 24.7. The Kier molecular flexibility index (Phi) is 9.20. The number of carbonyl (C=O) groups excluding carboxylic acids is 1. The molecular weight excluding hydrogens is 402 g/mol. The monoisotopic (exact) mass is 433 g/mol. The molecule has 2 unspecified atom stereocenters. The number of ether oxygens (including phenoxy) is 1. The van der Waals surface area contributed by atoms with Crippen LogP contribution in [0.4, 0.5) is 0 Å². The molecule has 2 atom stereocenters.